The molecule has 0 radical (unpaired) electrons. The summed E-state index contributed by atoms with van der Waals surface area (Å²) in [5, 5.41) is 30.6. The van der Waals surface area contributed by atoms with Gasteiger partial charge in [-0.15, -0.1) is 10.2 Å². The number of nitro benzene ring substituents is 1. The molecule has 1 aromatic heterocycles. The first-order valence-electron chi connectivity index (χ1n) is 7.31. The van der Waals surface area contributed by atoms with Crippen molar-refractivity contribution in [2.24, 2.45) is 0 Å². The van der Waals surface area contributed by atoms with E-state index in [0.29, 0.717) is 11.3 Å². The van der Waals surface area contributed by atoms with Gasteiger partial charge >= 0.3 is 0 Å². The maximum atomic E-state index is 11.9. The Hall–Kier alpha value is -3.40. The van der Waals surface area contributed by atoms with Crippen molar-refractivity contribution in [1.82, 2.24) is 10.2 Å². The van der Waals surface area contributed by atoms with Gasteiger partial charge in [0, 0.05) is 29.4 Å². The largest absolute Gasteiger partial charge is 0.508 e. The molecule has 132 valence electrons. The molecule has 0 bridgehead atoms. The Balaban J connectivity index is 1.61. The minimum absolute atomic E-state index is 0.0201. The Morgan fingerprint density at radius 1 is 1.23 bits per heavy atom. The van der Waals surface area contributed by atoms with Crippen molar-refractivity contribution in [3.63, 3.8) is 0 Å². The number of anilines is 1. The summed E-state index contributed by atoms with van der Waals surface area (Å²) in [5.41, 5.74) is 0.807. The zero-order valence-corrected chi connectivity index (χ0v) is 14.0. The molecule has 0 aliphatic carbocycles. The Morgan fingerprint density at radius 3 is 2.81 bits per heavy atom. The number of non-ortho nitro benzene ring substituents is 1. The van der Waals surface area contributed by atoms with Crippen LogP contribution >= 0.6 is 11.8 Å². The molecular formula is C16H12N4O5S. The Morgan fingerprint density at radius 2 is 2.04 bits per heavy atom. The minimum atomic E-state index is -0.513. The molecule has 10 heteroatoms. The number of aromatic nitrogens is 2. The van der Waals surface area contributed by atoms with Gasteiger partial charge in [-0.3, -0.25) is 14.9 Å². The third kappa shape index (κ3) is 4.36. The normalized spacial score (nSPS) is 10.5. The number of carbonyl (C=O) groups excluding carboxylic acids is 1. The lowest BCUT2D eigenvalue weighted by atomic mass is 10.2. The molecule has 0 saturated heterocycles. The standard InChI is InChI=1S/C16H12N4O5S/c21-13-6-2-4-11(8-13)17-14(22)9-26-16-19-18-15(25-16)10-3-1-5-12(7-10)20(23)24/h1-8,21H,9H2,(H,17,22). The van der Waals surface area contributed by atoms with E-state index in [2.05, 4.69) is 15.5 Å². The molecular weight excluding hydrogens is 360 g/mol. The molecule has 2 N–H and O–H groups in total. The average molecular weight is 372 g/mol. The van der Waals surface area contributed by atoms with E-state index in [1.807, 2.05) is 0 Å². The van der Waals surface area contributed by atoms with E-state index in [-0.39, 0.29) is 34.2 Å². The summed E-state index contributed by atoms with van der Waals surface area (Å²) < 4.78 is 5.42. The summed E-state index contributed by atoms with van der Waals surface area (Å²) in [7, 11) is 0. The van der Waals surface area contributed by atoms with Crippen LogP contribution in [0.2, 0.25) is 0 Å². The zero-order chi connectivity index (χ0) is 18.5. The Labute approximate surface area is 151 Å². The highest BCUT2D eigenvalue weighted by atomic mass is 32.2. The molecule has 0 unspecified atom stereocenters. The summed E-state index contributed by atoms with van der Waals surface area (Å²) in [6.45, 7) is 0. The van der Waals surface area contributed by atoms with Gasteiger partial charge in [-0.2, -0.15) is 0 Å². The molecule has 9 nitrogen and oxygen atoms in total. The van der Waals surface area contributed by atoms with Crippen molar-refractivity contribution < 1.29 is 19.2 Å². The van der Waals surface area contributed by atoms with Crippen LogP contribution in [-0.2, 0) is 4.79 Å². The topological polar surface area (TPSA) is 131 Å². The van der Waals surface area contributed by atoms with Crippen LogP contribution in [0.3, 0.4) is 0 Å². The second-order valence-electron chi connectivity index (χ2n) is 5.07. The number of aromatic hydroxyl groups is 1. The van der Waals surface area contributed by atoms with Gasteiger partial charge < -0.3 is 14.8 Å². The molecule has 1 heterocycles. The molecule has 0 saturated carbocycles. The Kier molecular flexibility index (Phi) is 5.13. The van der Waals surface area contributed by atoms with Gasteiger partial charge in [-0.25, -0.2) is 0 Å². The fourth-order valence-corrected chi connectivity index (χ4v) is 2.61. The number of phenolic OH excluding ortho intramolecular Hbond substituents is 1. The highest BCUT2D eigenvalue weighted by Gasteiger charge is 2.14. The molecule has 3 rings (SSSR count). The van der Waals surface area contributed by atoms with Gasteiger partial charge in [0.1, 0.15) is 5.75 Å². The van der Waals surface area contributed by atoms with Gasteiger partial charge in [-0.1, -0.05) is 23.9 Å². The van der Waals surface area contributed by atoms with Crippen molar-refractivity contribution in [3.05, 3.63) is 58.6 Å². The number of phenols is 1. The molecule has 26 heavy (non-hydrogen) atoms. The van der Waals surface area contributed by atoms with Gasteiger partial charge in [0.15, 0.2) is 0 Å². The third-order valence-corrected chi connectivity index (χ3v) is 3.99. The van der Waals surface area contributed by atoms with Crippen molar-refractivity contribution in [2.45, 2.75) is 5.22 Å². The maximum absolute atomic E-state index is 11.9. The fourth-order valence-electron chi connectivity index (χ4n) is 2.05. The third-order valence-electron chi connectivity index (χ3n) is 3.17. The van der Waals surface area contributed by atoms with Crippen LogP contribution in [0.25, 0.3) is 11.5 Å². The number of rotatable bonds is 6. The summed E-state index contributed by atoms with van der Waals surface area (Å²) in [6, 6.07) is 12.0. The average Bonchev–Trinajstić information content (AvgIpc) is 3.09. The monoisotopic (exact) mass is 372 g/mol. The lowest BCUT2D eigenvalue weighted by molar-refractivity contribution is -0.384. The van der Waals surface area contributed by atoms with Crippen LogP contribution in [0.15, 0.2) is 58.2 Å². The predicted molar refractivity (Wildman–Crippen MR) is 93.8 cm³/mol. The number of hydrogen-bond acceptors (Lipinski definition) is 8. The molecule has 3 aromatic rings. The first kappa shape index (κ1) is 17.4. The second kappa shape index (κ2) is 7.66. The first-order chi connectivity index (χ1) is 12.5. The summed E-state index contributed by atoms with van der Waals surface area (Å²) in [4.78, 5) is 22.2. The quantitative estimate of drug-likeness (QED) is 0.383. The maximum Gasteiger partial charge on any atom is 0.277 e. The van der Waals surface area contributed by atoms with Crippen LogP contribution < -0.4 is 5.32 Å². The number of amides is 1. The van der Waals surface area contributed by atoms with Gasteiger partial charge in [-0.05, 0) is 18.2 Å². The van der Waals surface area contributed by atoms with E-state index < -0.39 is 4.92 Å². The van der Waals surface area contributed by atoms with Crippen molar-refractivity contribution in [1.29, 1.82) is 0 Å². The number of benzene rings is 2. The molecule has 0 aliphatic rings. The van der Waals surface area contributed by atoms with Crippen molar-refractivity contribution >= 4 is 29.0 Å². The number of hydrogen-bond donors (Lipinski definition) is 2. The molecule has 0 fully saturated rings. The minimum Gasteiger partial charge on any atom is -0.508 e. The highest BCUT2D eigenvalue weighted by molar-refractivity contribution is 7.99. The highest BCUT2D eigenvalue weighted by Crippen LogP contribution is 2.26. The Bertz CT molecular complexity index is 959. The summed E-state index contributed by atoms with van der Waals surface area (Å²) in [6.07, 6.45) is 0. The van der Waals surface area contributed by atoms with E-state index in [1.54, 1.807) is 18.2 Å². The zero-order valence-electron chi connectivity index (χ0n) is 13.2. The van der Waals surface area contributed by atoms with Crippen LogP contribution in [-0.4, -0.2) is 31.9 Å². The van der Waals surface area contributed by atoms with Gasteiger partial charge in [0.05, 0.1) is 10.7 Å². The van der Waals surface area contributed by atoms with Gasteiger partial charge in [0.25, 0.3) is 10.9 Å². The fraction of sp³-hybridized carbons (Fsp3) is 0.0625. The SMILES string of the molecule is O=C(CSc1nnc(-c2cccc([N+](=O)[O-])c2)o1)Nc1cccc(O)c1. The van der Waals surface area contributed by atoms with Crippen LogP contribution in [0, 0.1) is 10.1 Å². The lowest BCUT2D eigenvalue weighted by Crippen LogP contribution is -2.13. The van der Waals surface area contributed by atoms with Crippen LogP contribution in [0.4, 0.5) is 11.4 Å². The number of nitrogens with one attached hydrogen (secondary N) is 1. The molecule has 0 aliphatic heterocycles. The summed E-state index contributed by atoms with van der Waals surface area (Å²) in [5.74, 6) is -0.110. The van der Waals surface area contributed by atoms with E-state index >= 15 is 0 Å². The van der Waals surface area contributed by atoms with Crippen molar-refractivity contribution in [2.75, 3.05) is 11.1 Å². The van der Waals surface area contributed by atoms with E-state index in [1.165, 1.54) is 30.3 Å². The number of carbonyl (C=O) groups is 1. The van der Waals surface area contributed by atoms with Crippen molar-refractivity contribution in [3.8, 4) is 17.2 Å². The first-order valence-corrected chi connectivity index (χ1v) is 8.30. The molecule has 2 aromatic carbocycles. The lowest BCUT2D eigenvalue weighted by Gasteiger charge is -2.03. The molecule has 0 atom stereocenters. The smallest absolute Gasteiger partial charge is 0.277 e. The van der Waals surface area contributed by atoms with E-state index in [0.717, 1.165) is 11.8 Å². The van der Waals surface area contributed by atoms with Gasteiger partial charge in [0.2, 0.25) is 11.8 Å². The number of nitrogens with zero attached hydrogens (tertiary/aromatic N) is 3. The second-order valence-corrected chi connectivity index (χ2v) is 5.99. The molecule has 1 amide bonds. The molecule has 0 spiro atoms. The van der Waals surface area contributed by atoms with E-state index in [9.17, 15) is 20.0 Å². The predicted octanol–water partition coefficient (Wildman–Crippen LogP) is 3.08. The number of thioether (sulfide) groups is 1. The van der Waals surface area contributed by atoms with Crippen LogP contribution in [0.1, 0.15) is 0 Å². The van der Waals surface area contributed by atoms with E-state index in [4.69, 9.17) is 4.42 Å². The summed E-state index contributed by atoms with van der Waals surface area (Å²) >= 11 is 1.03. The van der Waals surface area contributed by atoms with Crippen LogP contribution in [0.5, 0.6) is 5.75 Å². The number of nitro groups is 1.